The fourth-order valence-electron chi connectivity index (χ4n) is 3.21. The largest absolute Gasteiger partial charge is 0.319 e. The SMILES string of the molecule is O=C(Nc1ccc(-n2cncn2)nc1)c1nn(-c2ccccc2)c(=O)c2ccccc12. The summed E-state index contributed by atoms with van der Waals surface area (Å²) in [6.07, 6.45) is 4.46. The molecule has 0 atom stereocenters. The summed E-state index contributed by atoms with van der Waals surface area (Å²) in [6.45, 7) is 0. The van der Waals surface area contributed by atoms with Crippen LogP contribution in [0.3, 0.4) is 0 Å². The standard InChI is InChI=1S/C22H15N7O2/c30-21(26-15-10-11-19(24-12-15)28-14-23-13-25-28)20-17-8-4-5-9-18(17)22(31)29(27-20)16-6-2-1-3-7-16/h1-14H,(H,26,30). The summed E-state index contributed by atoms with van der Waals surface area (Å²) < 4.78 is 2.75. The van der Waals surface area contributed by atoms with Gasteiger partial charge in [0.15, 0.2) is 11.5 Å². The average molecular weight is 409 g/mol. The van der Waals surface area contributed by atoms with Crippen LogP contribution in [0.5, 0.6) is 0 Å². The maximum Gasteiger partial charge on any atom is 0.279 e. The molecule has 0 aliphatic rings. The summed E-state index contributed by atoms with van der Waals surface area (Å²) in [5.74, 6) is 0.118. The van der Waals surface area contributed by atoms with Crippen molar-refractivity contribution < 1.29 is 4.79 Å². The zero-order valence-corrected chi connectivity index (χ0v) is 16.1. The molecule has 0 spiro atoms. The predicted octanol–water partition coefficient (Wildman–Crippen LogP) is 2.61. The third kappa shape index (κ3) is 3.44. The number of carbonyl (C=O) groups excluding carboxylic acids is 1. The van der Waals surface area contributed by atoms with Crippen molar-refractivity contribution in [3.63, 3.8) is 0 Å². The third-order valence-corrected chi connectivity index (χ3v) is 4.68. The van der Waals surface area contributed by atoms with E-state index in [0.29, 0.717) is 28.0 Å². The Morgan fingerprint density at radius 2 is 1.68 bits per heavy atom. The number of nitrogens with one attached hydrogen (secondary N) is 1. The molecule has 5 rings (SSSR count). The van der Waals surface area contributed by atoms with Crippen molar-refractivity contribution in [2.75, 3.05) is 5.32 Å². The highest BCUT2D eigenvalue weighted by molar-refractivity contribution is 6.11. The second-order valence-electron chi connectivity index (χ2n) is 6.65. The molecule has 9 heteroatoms. The van der Waals surface area contributed by atoms with E-state index >= 15 is 0 Å². The van der Waals surface area contributed by atoms with Gasteiger partial charge in [-0.2, -0.15) is 14.9 Å². The van der Waals surface area contributed by atoms with Crippen molar-refractivity contribution in [1.82, 2.24) is 29.5 Å². The average Bonchev–Trinajstić information content (AvgIpc) is 3.35. The first kappa shape index (κ1) is 18.4. The first-order chi connectivity index (χ1) is 15.2. The van der Waals surface area contributed by atoms with Crippen LogP contribution in [0, 0.1) is 0 Å². The van der Waals surface area contributed by atoms with Gasteiger partial charge in [-0.25, -0.2) is 14.6 Å². The molecule has 3 aromatic heterocycles. The topological polar surface area (TPSA) is 108 Å². The molecule has 1 N–H and O–H groups in total. The van der Waals surface area contributed by atoms with Gasteiger partial charge in [0.25, 0.3) is 11.5 Å². The molecular weight excluding hydrogens is 394 g/mol. The second-order valence-corrected chi connectivity index (χ2v) is 6.65. The number of fused-ring (bicyclic) bond motifs is 1. The van der Waals surface area contributed by atoms with Crippen molar-refractivity contribution in [1.29, 1.82) is 0 Å². The minimum absolute atomic E-state index is 0.138. The summed E-state index contributed by atoms with van der Waals surface area (Å²) in [5.41, 5.74) is 0.903. The van der Waals surface area contributed by atoms with Crippen molar-refractivity contribution in [2.45, 2.75) is 0 Å². The van der Waals surface area contributed by atoms with Crippen molar-refractivity contribution in [2.24, 2.45) is 0 Å². The number of pyridine rings is 1. The molecular formula is C22H15N7O2. The molecule has 0 radical (unpaired) electrons. The van der Waals surface area contributed by atoms with E-state index in [1.807, 2.05) is 6.07 Å². The molecule has 0 saturated carbocycles. The van der Waals surface area contributed by atoms with Crippen LogP contribution >= 0.6 is 0 Å². The van der Waals surface area contributed by atoms with Gasteiger partial charge in [-0.1, -0.05) is 36.4 Å². The van der Waals surface area contributed by atoms with E-state index < -0.39 is 5.91 Å². The smallest absolute Gasteiger partial charge is 0.279 e. The van der Waals surface area contributed by atoms with Crippen LogP contribution in [0.25, 0.3) is 22.3 Å². The van der Waals surface area contributed by atoms with E-state index in [0.717, 1.165) is 0 Å². The second kappa shape index (κ2) is 7.64. The molecule has 0 bridgehead atoms. The number of carbonyl (C=O) groups is 1. The van der Waals surface area contributed by atoms with Crippen molar-refractivity contribution in [3.05, 3.63) is 102 Å². The van der Waals surface area contributed by atoms with Crippen LogP contribution in [-0.4, -0.2) is 35.4 Å². The molecule has 5 aromatic rings. The first-order valence-corrected chi connectivity index (χ1v) is 9.40. The van der Waals surface area contributed by atoms with E-state index in [4.69, 9.17) is 0 Å². The number of amides is 1. The molecule has 31 heavy (non-hydrogen) atoms. The van der Waals surface area contributed by atoms with Crippen molar-refractivity contribution >= 4 is 22.4 Å². The Morgan fingerprint density at radius 1 is 0.903 bits per heavy atom. The maximum atomic E-state index is 13.1. The Bertz CT molecular complexity index is 1430. The Kier molecular flexibility index (Phi) is 4.53. The lowest BCUT2D eigenvalue weighted by Crippen LogP contribution is -2.26. The van der Waals surface area contributed by atoms with Gasteiger partial charge in [0, 0.05) is 5.39 Å². The van der Waals surface area contributed by atoms with E-state index in [-0.39, 0.29) is 11.3 Å². The highest BCUT2D eigenvalue weighted by atomic mass is 16.2. The summed E-state index contributed by atoms with van der Waals surface area (Å²) in [7, 11) is 0. The van der Waals surface area contributed by atoms with Crippen LogP contribution < -0.4 is 10.9 Å². The normalized spacial score (nSPS) is 10.8. The molecule has 0 unspecified atom stereocenters. The van der Waals surface area contributed by atoms with Gasteiger partial charge in [-0.05, 0) is 30.3 Å². The molecule has 0 fully saturated rings. The number of nitrogens with zero attached hydrogens (tertiary/aromatic N) is 6. The lowest BCUT2D eigenvalue weighted by Gasteiger charge is -2.11. The number of para-hydroxylation sites is 1. The number of aromatic nitrogens is 6. The molecule has 1 amide bonds. The third-order valence-electron chi connectivity index (χ3n) is 4.68. The number of rotatable bonds is 4. The Hall–Kier alpha value is -4.66. The van der Waals surface area contributed by atoms with Crippen LogP contribution in [0.2, 0.25) is 0 Å². The number of hydrogen-bond donors (Lipinski definition) is 1. The fourth-order valence-corrected chi connectivity index (χ4v) is 3.21. The Balaban J connectivity index is 1.54. The maximum absolute atomic E-state index is 13.1. The van der Waals surface area contributed by atoms with Crippen LogP contribution in [0.15, 0.2) is 90.4 Å². The first-order valence-electron chi connectivity index (χ1n) is 9.40. The molecule has 0 aliphatic carbocycles. The summed E-state index contributed by atoms with van der Waals surface area (Å²) in [6, 6.07) is 19.3. The van der Waals surface area contributed by atoms with E-state index in [1.54, 1.807) is 60.7 Å². The van der Waals surface area contributed by atoms with Gasteiger partial charge in [0.1, 0.15) is 12.7 Å². The molecule has 0 saturated heterocycles. The number of anilines is 1. The van der Waals surface area contributed by atoms with Gasteiger partial charge in [-0.3, -0.25) is 9.59 Å². The molecule has 150 valence electrons. The minimum atomic E-state index is -0.448. The minimum Gasteiger partial charge on any atom is -0.319 e. The molecule has 9 nitrogen and oxygen atoms in total. The predicted molar refractivity (Wildman–Crippen MR) is 114 cm³/mol. The van der Waals surface area contributed by atoms with Crippen LogP contribution in [0.1, 0.15) is 10.5 Å². The van der Waals surface area contributed by atoms with Gasteiger partial charge in [-0.15, -0.1) is 0 Å². The van der Waals surface area contributed by atoms with Gasteiger partial charge < -0.3 is 5.32 Å². The van der Waals surface area contributed by atoms with Gasteiger partial charge in [0.2, 0.25) is 0 Å². The quantitative estimate of drug-likeness (QED) is 0.489. The Morgan fingerprint density at radius 3 is 2.39 bits per heavy atom. The van der Waals surface area contributed by atoms with Crippen LogP contribution in [-0.2, 0) is 0 Å². The van der Waals surface area contributed by atoms with E-state index in [9.17, 15) is 9.59 Å². The summed E-state index contributed by atoms with van der Waals surface area (Å²) in [4.78, 5) is 34.2. The number of hydrogen-bond acceptors (Lipinski definition) is 6. The van der Waals surface area contributed by atoms with Crippen LogP contribution in [0.4, 0.5) is 5.69 Å². The Labute approximate surface area is 175 Å². The highest BCUT2D eigenvalue weighted by Crippen LogP contribution is 2.17. The zero-order chi connectivity index (χ0) is 21.2. The summed E-state index contributed by atoms with van der Waals surface area (Å²) in [5, 5.41) is 12.1. The number of benzene rings is 2. The lowest BCUT2D eigenvalue weighted by atomic mass is 10.1. The monoisotopic (exact) mass is 409 g/mol. The van der Waals surface area contributed by atoms with Gasteiger partial charge >= 0.3 is 0 Å². The van der Waals surface area contributed by atoms with E-state index in [2.05, 4.69) is 25.5 Å². The fraction of sp³-hybridized carbons (Fsp3) is 0. The highest BCUT2D eigenvalue weighted by Gasteiger charge is 2.17. The van der Waals surface area contributed by atoms with Gasteiger partial charge in [0.05, 0.1) is 23.0 Å². The molecule has 3 heterocycles. The van der Waals surface area contributed by atoms with Crippen molar-refractivity contribution in [3.8, 4) is 11.5 Å². The lowest BCUT2D eigenvalue weighted by molar-refractivity contribution is 0.102. The summed E-state index contributed by atoms with van der Waals surface area (Å²) >= 11 is 0. The zero-order valence-electron chi connectivity index (χ0n) is 16.1. The molecule has 0 aliphatic heterocycles. The molecule has 2 aromatic carbocycles. The van der Waals surface area contributed by atoms with E-state index in [1.165, 1.54) is 28.2 Å².